The van der Waals surface area contributed by atoms with Gasteiger partial charge in [0.05, 0.1) is 33.3 Å². The molecule has 0 unspecified atom stereocenters. The molecule has 128 valence electrons. The number of hydrogen-bond donors (Lipinski definition) is 2. The van der Waals surface area contributed by atoms with Crippen molar-refractivity contribution < 1.29 is 14.4 Å². The molecule has 1 aliphatic rings. The number of quaternary nitrogens is 1. The third-order valence-corrected chi connectivity index (χ3v) is 4.66. The normalized spacial score (nSPS) is 16.3. The van der Waals surface area contributed by atoms with Crippen LogP contribution in [-0.4, -0.2) is 51.3 Å². The van der Waals surface area contributed by atoms with Crippen LogP contribution in [0.4, 0.5) is 5.69 Å². The summed E-state index contributed by atoms with van der Waals surface area (Å²) >= 11 is 0. The second kappa shape index (κ2) is 7.68. The van der Waals surface area contributed by atoms with Crippen LogP contribution in [0.25, 0.3) is 0 Å². The Hall–Kier alpha value is -1.75. The number of hydrogen-bond acceptors (Lipinski definition) is 3. The summed E-state index contributed by atoms with van der Waals surface area (Å²) in [5, 5.41) is 3.12. The van der Waals surface area contributed by atoms with Crippen molar-refractivity contribution in [1.82, 2.24) is 5.32 Å². The molecule has 23 heavy (non-hydrogen) atoms. The third kappa shape index (κ3) is 5.13. The summed E-state index contributed by atoms with van der Waals surface area (Å²) in [6.45, 7) is 10.7. The van der Waals surface area contributed by atoms with Gasteiger partial charge >= 0.3 is 0 Å². The van der Waals surface area contributed by atoms with Crippen LogP contribution in [0.1, 0.15) is 27.2 Å². The molecular formula is C18H30N3O2+. The first-order chi connectivity index (χ1) is 10.9. The van der Waals surface area contributed by atoms with Crippen molar-refractivity contribution in [3.63, 3.8) is 0 Å². The van der Waals surface area contributed by atoms with Crippen LogP contribution < -0.4 is 19.9 Å². The van der Waals surface area contributed by atoms with Gasteiger partial charge in [0.25, 0.3) is 5.91 Å². The van der Waals surface area contributed by atoms with Gasteiger partial charge in [-0.1, -0.05) is 13.0 Å². The van der Waals surface area contributed by atoms with Gasteiger partial charge in [-0.05, 0) is 32.4 Å². The molecule has 0 spiro atoms. The molecule has 5 nitrogen and oxygen atoms in total. The zero-order chi connectivity index (χ0) is 16.9. The van der Waals surface area contributed by atoms with Crippen molar-refractivity contribution in [2.24, 2.45) is 0 Å². The van der Waals surface area contributed by atoms with E-state index < -0.39 is 0 Å². The number of piperazine rings is 1. The molecule has 0 radical (unpaired) electrons. The molecule has 2 rings (SSSR count). The molecule has 0 aromatic heterocycles. The lowest BCUT2D eigenvalue weighted by Crippen LogP contribution is -3.16. The Kier molecular flexibility index (Phi) is 5.88. The molecule has 0 atom stereocenters. The molecule has 1 saturated heterocycles. The molecule has 1 aromatic rings. The van der Waals surface area contributed by atoms with E-state index in [2.05, 4.69) is 43.1 Å². The zero-order valence-corrected chi connectivity index (χ0v) is 14.8. The minimum absolute atomic E-state index is 0.112. The maximum atomic E-state index is 12.2. The van der Waals surface area contributed by atoms with Crippen molar-refractivity contribution in [2.45, 2.75) is 32.7 Å². The Morgan fingerprint density at radius 2 is 2.04 bits per heavy atom. The van der Waals surface area contributed by atoms with Crippen LogP contribution in [0.2, 0.25) is 0 Å². The summed E-state index contributed by atoms with van der Waals surface area (Å²) in [6, 6.07) is 8.17. The van der Waals surface area contributed by atoms with Gasteiger partial charge in [0.15, 0.2) is 6.54 Å². The number of anilines is 1. The average molecular weight is 320 g/mol. The van der Waals surface area contributed by atoms with Gasteiger partial charge in [-0.2, -0.15) is 0 Å². The Balaban J connectivity index is 1.83. The average Bonchev–Trinajstić information content (AvgIpc) is 2.55. The number of carbonyl (C=O) groups is 1. The van der Waals surface area contributed by atoms with Gasteiger partial charge in [-0.25, -0.2) is 0 Å². The van der Waals surface area contributed by atoms with Gasteiger partial charge in [-0.15, -0.1) is 0 Å². The van der Waals surface area contributed by atoms with Crippen molar-refractivity contribution in [1.29, 1.82) is 0 Å². The van der Waals surface area contributed by atoms with Crippen LogP contribution in [0.15, 0.2) is 24.3 Å². The quantitative estimate of drug-likeness (QED) is 0.811. The molecule has 1 amide bonds. The Morgan fingerprint density at radius 3 is 2.65 bits per heavy atom. The number of nitrogens with zero attached hydrogens (tertiary/aromatic N) is 1. The molecule has 1 aromatic carbocycles. The molecule has 0 aliphatic carbocycles. The molecule has 1 heterocycles. The van der Waals surface area contributed by atoms with Crippen LogP contribution in [0.3, 0.4) is 0 Å². The van der Waals surface area contributed by atoms with E-state index in [9.17, 15) is 4.79 Å². The molecule has 2 N–H and O–H groups in total. The Bertz CT molecular complexity index is 523. The third-order valence-electron chi connectivity index (χ3n) is 4.66. The van der Waals surface area contributed by atoms with Gasteiger partial charge in [0, 0.05) is 17.3 Å². The maximum Gasteiger partial charge on any atom is 0.275 e. The minimum atomic E-state index is -0.112. The highest BCUT2D eigenvalue weighted by Gasteiger charge is 2.25. The fourth-order valence-corrected chi connectivity index (χ4v) is 2.80. The molecule has 1 fully saturated rings. The predicted molar refractivity (Wildman–Crippen MR) is 93.3 cm³/mol. The van der Waals surface area contributed by atoms with E-state index in [0.717, 1.165) is 38.3 Å². The van der Waals surface area contributed by atoms with E-state index in [1.54, 1.807) is 7.11 Å². The van der Waals surface area contributed by atoms with Crippen molar-refractivity contribution in [3.8, 4) is 5.75 Å². The van der Waals surface area contributed by atoms with Gasteiger partial charge in [-0.3, -0.25) is 4.79 Å². The number of rotatable bonds is 6. The lowest BCUT2D eigenvalue weighted by molar-refractivity contribution is -0.892. The fraction of sp³-hybridized carbons (Fsp3) is 0.611. The van der Waals surface area contributed by atoms with Gasteiger partial charge in [0.1, 0.15) is 5.75 Å². The summed E-state index contributed by atoms with van der Waals surface area (Å²) in [6.07, 6.45) is 0.942. The van der Waals surface area contributed by atoms with Gasteiger partial charge < -0.3 is 19.9 Å². The van der Waals surface area contributed by atoms with Crippen LogP contribution in [0, 0.1) is 0 Å². The largest absolute Gasteiger partial charge is 0.497 e. The highest BCUT2D eigenvalue weighted by Crippen LogP contribution is 2.20. The Labute approximate surface area is 139 Å². The lowest BCUT2D eigenvalue weighted by atomic mass is 10.0. The number of benzene rings is 1. The molecule has 5 heteroatoms. The SMILES string of the molecule is CCC(C)(C)NC(=O)C[NH+]1CCN(c2cccc(OC)c2)CC1. The molecular weight excluding hydrogens is 290 g/mol. The van der Waals surface area contributed by atoms with Crippen LogP contribution in [0.5, 0.6) is 5.75 Å². The monoisotopic (exact) mass is 320 g/mol. The van der Waals surface area contributed by atoms with E-state index in [-0.39, 0.29) is 11.4 Å². The highest BCUT2D eigenvalue weighted by atomic mass is 16.5. The first-order valence-corrected chi connectivity index (χ1v) is 8.47. The summed E-state index contributed by atoms with van der Waals surface area (Å²) < 4.78 is 5.29. The number of ether oxygens (including phenoxy) is 1. The van der Waals surface area contributed by atoms with E-state index >= 15 is 0 Å². The van der Waals surface area contributed by atoms with E-state index in [1.807, 2.05) is 12.1 Å². The van der Waals surface area contributed by atoms with Gasteiger partial charge in [0.2, 0.25) is 0 Å². The van der Waals surface area contributed by atoms with Crippen LogP contribution >= 0.6 is 0 Å². The Morgan fingerprint density at radius 1 is 1.35 bits per heavy atom. The number of nitrogens with one attached hydrogen (secondary N) is 2. The minimum Gasteiger partial charge on any atom is -0.497 e. The van der Waals surface area contributed by atoms with Crippen LogP contribution in [-0.2, 0) is 4.79 Å². The topological polar surface area (TPSA) is 46.0 Å². The second-order valence-corrected chi connectivity index (χ2v) is 6.90. The molecule has 1 aliphatic heterocycles. The van der Waals surface area contributed by atoms with E-state index in [1.165, 1.54) is 10.6 Å². The van der Waals surface area contributed by atoms with Crippen molar-refractivity contribution in [2.75, 3.05) is 44.7 Å². The van der Waals surface area contributed by atoms with Crippen molar-refractivity contribution >= 4 is 11.6 Å². The fourth-order valence-electron chi connectivity index (χ4n) is 2.80. The van der Waals surface area contributed by atoms with E-state index in [4.69, 9.17) is 4.74 Å². The smallest absolute Gasteiger partial charge is 0.275 e. The second-order valence-electron chi connectivity index (χ2n) is 6.90. The summed E-state index contributed by atoms with van der Waals surface area (Å²) in [5.41, 5.74) is 1.08. The van der Waals surface area contributed by atoms with Crippen molar-refractivity contribution in [3.05, 3.63) is 24.3 Å². The lowest BCUT2D eigenvalue weighted by Gasteiger charge is -2.34. The molecule has 0 bridgehead atoms. The maximum absolute atomic E-state index is 12.2. The first-order valence-electron chi connectivity index (χ1n) is 8.47. The number of amides is 1. The summed E-state index contributed by atoms with van der Waals surface area (Å²) in [4.78, 5) is 15.9. The van der Waals surface area contributed by atoms with E-state index in [0.29, 0.717) is 6.54 Å². The summed E-state index contributed by atoms with van der Waals surface area (Å²) in [5.74, 6) is 1.04. The molecule has 0 saturated carbocycles. The number of methoxy groups -OCH3 is 1. The zero-order valence-electron chi connectivity index (χ0n) is 14.8. The summed E-state index contributed by atoms with van der Waals surface area (Å²) in [7, 11) is 1.69. The number of carbonyl (C=O) groups excluding carboxylic acids is 1. The predicted octanol–water partition coefficient (Wildman–Crippen LogP) is 0.705. The first kappa shape index (κ1) is 17.6. The standard InChI is InChI=1S/C18H29N3O2/c1-5-18(2,3)19-17(22)14-20-9-11-21(12-10-20)15-7-6-8-16(13-15)23-4/h6-8,13H,5,9-12,14H2,1-4H3,(H,19,22)/p+1. The highest BCUT2D eigenvalue weighted by molar-refractivity contribution is 5.77.